The number of pyridine rings is 1. The standard InChI is InChI=1S/C16H17N3O/c1-16(2,3)14-9-18-7-11-6-10(4-5-12(11)14)13-8-19-20-15(13)17/h4-9H,17H2,1-3H3. The predicted molar refractivity (Wildman–Crippen MR) is 80.4 cm³/mol. The molecule has 4 nitrogen and oxygen atoms in total. The number of nitrogens with zero attached hydrogens (tertiary/aromatic N) is 2. The summed E-state index contributed by atoms with van der Waals surface area (Å²) in [4.78, 5) is 4.35. The van der Waals surface area contributed by atoms with Gasteiger partial charge in [-0.2, -0.15) is 0 Å². The van der Waals surface area contributed by atoms with Crippen LogP contribution in [0.1, 0.15) is 26.3 Å². The Balaban J connectivity index is 2.21. The molecule has 0 aliphatic rings. The molecular formula is C16H17N3O. The summed E-state index contributed by atoms with van der Waals surface area (Å²) in [5.74, 6) is 0.337. The van der Waals surface area contributed by atoms with Crippen molar-refractivity contribution in [3.63, 3.8) is 0 Å². The van der Waals surface area contributed by atoms with Crippen molar-refractivity contribution in [1.82, 2.24) is 10.1 Å². The number of anilines is 1. The van der Waals surface area contributed by atoms with Gasteiger partial charge in [0.25, 0.3) is 0 Å². The van der Waals surface area contributed by atoms with Crippen LogP contribution in [0, 0.1) is 0 Å². The molecule has 0 saturated carbocycles. The maximum atomic E-state index is 5.77. The number of benzene rings is 1. The van der Waals surface area contributed by atoms with Gasteiger partial charge in [0, 0.05) is 17.8 Å². The Kier molecular flexibility index (Phi) is 2.74. The van der Waals surface area contributed by atoms with Crippen molar-refractivity contribution in [1.29, 1.82) is 0 Å². The maximum absolute atomic E-state index is 5.77. The van der Waals surface area contributed by atoms with Crippen molar-refractivity contribution in [3.8, 4) is 11.1 Å². The van der Waals surface area contributed by atoms with Crippen LogP contribution in [0.5, 0.6) is 0 Å². The van der Waals surface area contributed by atoms with Gasteiger partial charge in [0.1, 0.15) is 0 Å². The molecule has 2 N–H and O–H groups in total. The van der Waals surface area contributed by atoms with E-state index in [2.05, 4.69) is 43.0 Å². The third kappa shape index (κ3) is 2.03. The van der Waals surface area contributed by atoms with Crippen LogP contribution in [0.25, 0.3) is 21.9 Å². The Morgan fingerprint density at radius 1 is 1.10 bits per heavy atom. The zero-order valence-electron chi connectivity index (χ0n) is 11.8. The van der Waals surface area contributed by atoms with E-state index in [1.54, 1.807) is 6.20 Å². The van der Waals surface area contributed by atoms with Crippen LogP contribution in [-0.4, -0.2) is 10.1 Å². The highest BCUT2D eigenvalue weighted by Gasteiger charge is 2.17. The van der Waals surface area contributed by atoms with E-state index in [-0.39, 0.29) is 5.41 Å². The lowest BCUT2D eigenvalue weighted by Crippen LogP contribution is -2.12. The van der Waals surface area contributed by atoms with Crippen LogP contribution in [0.15, 0.2) is 41.3 Å². The molecule has 0 aliphatic heterocycles. The highest BCUT2D eigenvalue weighted by molar-refractivity contribution is 5.90. The maximum Gasteiger partial charge on any atom is 0.229 e. The van der Waals surface area contributed by atoms with Crippen LogP contribution < -0.4 is 5.73 Å². The van der Waals surface area contributed by atoms with Gasteiger partial charge in [-0.05, 0) is 28.0 Å². The Morgan fingerprint density at radius 3 is 2.55 bits per heavy atom. The van der Waals surface area contributed by atoms with Gasteiger partial charge in [-0.15, -0.1) is 0 Å². The van der Waals surface area contributed by atoms with E-state index in [1.807, 2.05) is 18.5 Å². The summed E-state index contributed by atoms with van der Waals surface area (Å²) >= 11 is 0. The molecule has 2 heterocycles. The minimum atomic E-state index is 0.0598. The number of fused-ring (bicyclic) bond motifs is 1. The zero-order chi connectivity index (χ0) is 14.3. The lowest BCUT2D eigenvalue weighted by Gasteiger charge is -2.20. The lowest BCUT2D eigenvalue weighted by atomic mass is 9.85. The molecule has 0 saturated heterocycles. The first kappa shape index (κ1) is 12.7. The number of rotatable bonds is 1. The van der Waals surface area contributed by atoms with E-state index in [0.29, 0.717) is 5.88 Å². The number of hydrogen-bond acceptors (Lipinski definition) is 4. The number of nitrogens with two attached hydrogens (primary N) is 1. The highest BCUT2D eigenvalue weighted by Crippen LogP contribution is 2.33. The number of hydrogen-bond donors (Lipinski definition) is 1. The summed E-state index contributed by atoms with van der Waals surface area (Å²) in [6.45, 7) is 6.57. The molecule has 2 aromatic heterocycles. The molecule has 0 aliphatic carbocycles. The molecule has 0 atom stereocenters. The fourth-order valence-corrected chi connectivity index (χ4v) is 2.41. The van der Waals surface area contributed by atoms with Crippen molar-refractivity contribution in [2.24, 2.45) is 0 Å². The van der Waals surface area contributed by atoms with Gasteiger partial charge in [-0.1, -0.05) is 38.1 Å². The molecule has 3 rings (SSSR count). The SMILES string of the molecule is CC(C)(C)c1cncc2cc(-c3cnoc3N)ccc12. The fraction of sp³-hybridized carbons (Fsp3) is 0.250. The summed E-state index contributed by atoms with van der Waals surface area (Å²) in [5.41, 5.74) is 8.87. The van der Waals surface area contributed by atoms with Gasteiger partial charge in [0.05, 0.1) is 11.8 Å². The Morgan fingerprint density at radius 2 is 1.90 bits per heavy atom. The fourth-order valence-electron chi connectivity index (χ4n) is 2.41. The second kappa shape index (κ2) is 4.34. The summed E-state index contributed by atoms with van der Waals surface area (Å²) in [5, 5.41) is 6.03. The van der Waals surface area contributed by atoms with Crippen LogP contribution >= 0.6 is 0 Å². The minimum Gasteiger partial charge on any atom is -0.367 e. The van der Waals surface area contributed by atoms with E-state index >= 15 is 0 Å². The molecule has 0 fully saturated rings. The molecule has 102 valence electrons. The summed E-state index contributed by atoms with van der Waals surface area (Å²) in [6.07, 6.45) is 5.45. The predicted octanol–water partition coefficient (Wildman–Crippen LogP) is 3.77. The average Bonchev–Trinajstić information content (AvgIpc) is 2.82. The van der Waals surface area contributed by atoms with E-state index < -0.39 is 0 Å². The van der Waals surface area contributed by atoms with Gasteiger partial charge < -0.3 is 10.3 Å². The zero-order valence-corrected chi connectivity index (χ0v) is 11.8. The molecule has 1 aromatic carbocycles. The first-order valence-corrected chi connectivity index (χ1v) is 6.55. The molecule has 4 heteroatoms. The van der Waals surface area contributed by atoms with Crippen LogP contribution in [-0.2, 0) is 5.41 Å². The molecule has 0 radical (unpaired) electrons. The molecule has 0 bridgehead atoms. The highest BCUT2D eigenvalue weighted by atomic mass is 16.5. The van der Waals surface area contributed by atoms with Crippen molar-refractivity contribution >= 4 is 16.7 Å². The molecule has 0 spiro atoms. The molecule has 3 aromatic rings. The third-order valence-electron chi connectivity index (χ3n) is 3.48. The van der Waals surface area contributed by atoms with Crippen molar-refractivity contribution in [2.45, 2.75) is 26.2 Å². The number of nitrogen functional groups attached to an aromatic ring is 1. The average molecular weight is 267 g/mol. The topological polar surface area (TPSA) is 64.9 Å². The lowest BCUT2D eigenvalue weighted by molar-refractivity contribution is 0.436. The Bertz CT molecular complexity index is 769. The van der Waals surface area contributed by atoms with Crippen LogP contribution in [0.2, 0.25) is 0 Å². The van der Waals surface area contributed by atoms with E-state index in [4.69, 9.17) is 10.3 Å². The van der Waals surface area contributed by atoms with E-state index in [1.165, 1.54) is 10.9 Å². The quantitative estimate of drug-likeness (QED) is 0.729. The van der Waals surface area contributed by atoms with E-state index in [0.717, 1.165) is 16.5 Å². The Labute approximate surface area is 117 Å². The van der Waals surface area contributed by atoms with E-state index in [9.17, 15) is 0 Å². The molecule has 0 amide bonds. The van der Waals surface area contributed by atoms with Crippen molar-refractivity contribution in [2.75, 3.05) is 5.73 Å². The van der Waals surface area contributed by atoms with Crippen LogP contribution in [0.3, 0.4) is 0 Å². The van der Waals surface area contributed by atoms with Gasteiger partial charge in [-0.25, -0.2) is 0 Å². The van der Waals surface area contributed by atoms with Crippen LogP contribution in [0.4, 0.5) is 5.88 Å². The van der Waals surface area contributed by atoms with Gasteiger partial charge in [-0.3, -0.25) is 4.98 Å². The smallest absolute Gasteiger partial charge is 0.229 e. The first-order valence-electron chi connectivity index (χ1n) is 6.55. The largest absolute Gasteiger partial charge is 0.367 e. The third-order valence-corrected chi connectivity index (χ3v) is 3.48. The molecule has 0 unspecified atom stereocenters. The minimum absolute atomic E-state index is 0.0598. The summed E-state index contributed by atoms with van der Waals surface area (Å²) in [7, 11) is 0. The normalized spacial score (nSPS) is 11.9. The molecule has 20 heavy (non-hydrogen) atoms. The Hall–Kier alpha value is -2.36. The second-order valence-corrected chi connectivity index (χ2v) is 5.98. The second-order valence-electron chi connectivity index (χ2n) is 5.98. The van der Waals surface area contributed by atoms with Crippen molar-refractivity contribution in [3.05, 3.63) is 42.4 Å². The van der Waals surface area contributed by atoms with Gasteiger partial charge in [0.15, 0.2) is 0 Å². The first-order chi connectivity index (χ1) is 9.47. The monoisotopic (exact) mass is 267 g/mol. The van der Waals surface area contributed by atoms with Crippen molar-refractivity contribution < 1.29 is 4.52 Å². The van der Waals surface area contributed by atoms with Gasteiger partial charge in [0.2, 0.25) is 5.88 Å². The summed E-state index contributed by atoms with van der Waals surface area (Å²) in [6, 6.07) is 6.22. The number of aromatic nitrogens is 2. The van der Waals surface area contributed by atoms with Gasteiger partial charge >= 0.3 is 0 Å². The summed E-state index contributed by atoms with van der Waals surface area (Å²) < 4.78 is 4.92. The molecular weight excluding hydrogens is 250 g/mol.